The Kier molecular flexibility index (Phi) is 4.63. The smallest absolute Gasteiger partial charge is 0.255 e. The van der Waals surface area contributed by atoms with Crippen molar-refractivity contribution in [2.75, 3.05) is 5.32 Å². The molecule has 110 valence electrons. The lowest BCUT2D eigenvalue weighted by Crippen LogP contribution is -2.13. The third-order valence-electron chi connectivity index (χ3n) is 3.12. The van der Waals surface area contributed by atoms with Crippen LogP contribution in [0, 0.1) is 13.8 Å². The van der Waals surface area contributed by atoms with E-state index in [1.54, 1.807) is 12.1 Å². The Morgan fingerprint density at radius 1 is 1.05 bits per heavy atom. The summed E-state index contributed by atoms with van der Waals surface area (Å²) in [6.45, 7) is 7.97. The van der Waals surface area contributed by atoms with Crippen LogP contribution in [0.2, 0.25) is 0 Å². The second-order valence-corrected chi connectivity index (χ2v) is 5.46. The highest BCUT2D eigenvalue weighted by Gasteiger charge is 2.08. The van der Waals surface area contributed by atoms with E-state index in [1.807, 2.05) is 52.0 Å². The van der Waals surface area contributed by atoms with Crippen LogP contribution in [0.15, 0.2) is 42.5 Å². The van der Waals surface area contributed by atoms with Gasteiger partial charge in [0.2, 0.25) is 0 Å². The molecule has 0 fully saturated rings. The second kappa shape index (κ2) is 6.44. The van der Waals surface area contributed by atoms with Crippen molar-refractivity contribution >= 4 is 11.6 Å². The summed E-state index contributed by atoms with van der Waals surface area (Å²) < 4.78 is 5.57. The second-order valence-electron chi connectivity index (χ2n) is 5.46. The monoisotopic (exact) mass is 283 g/mol. The summed E-state index contributed by atoms with van der Waals surface area (Å²) in [4.78, 5) is 12.2. The van der Waals surface area contributed by atoms with Gasteiger partial charge in [0, 0.05) is 11.3 Å². The van der Waals surface area contributed by atoms with Gasteiger partial charge in [0.15, 0.2) is 0 Å². The first-order valence-corrected chi connectivity index (χ1v) is 7.11. The zero-order chi connectivity index (χ0) is 15.4. The minimum absolute atomic E-state index is 0.113. The van der Waals surface area contributed by atoms with Gasteiger partial charge in [-0.3, -0.25) is 4.79 Å². The van der Waals surface area contributed by atoms with E-state index in [9.17, 15) is 4.79 Å². The molecule has 0 aromatic heterocycles. The maximum absolute atomic E-state index is 12.2. The number of aryl methyl sites for hydroxylation is 2. The number of ether oxygens (including phenoxy) is 1. The lowest BCUT2D eigenvalue weighted by atomic mass is 10.1. The molecule has 0 aliphatic heterocycles. The predicted octanol–water partition coefficient (Wildman–Crippen LogP) is 4.34. The number of nitrogens with one attached hydrogen (secondary N) is 1. The van der Waals surface area contributed by atoms with Gasteiger partial charge in [-0.15, -0.1) is 0 Å². The Morgan fingerprint density at radius 3 is 2.29 bits per heavy atom. The third-order valence-corrected chi connectivity index (χ3v) is 3.12. The van der Waals surface area contributed by atoms with Gasteiger partial charge in [-0.2, -0.15) is 0 Å². The van der Waals surface area contributed by atoms with Gasteiger partial charge in [-0.1, -0.05) is 17.7 Å². The molecule has 0 unspecified atom stereocenters. The van der Waals surface area contributed by atoms with Crippen LogP contribution in [0.25, 0.3) is 0 Å². The lowest BCUT2D eigenvalue weighted by Gasteiger charge is -2.11. The maximum atomic E-state index is 12.2. The molecule has 2 rings (SSSR count). The summed E-state index contributed by atoms with van der Waals surface area (Å²) in [7, 11) is 0. The van der Waals surface area contributed by atoms with Crippen LogP contribution in [0.5, 0.6) is 5.75 Å². The van der Waals surface area contributed by atoms with Crippen molar-refractivity contribution in [1.82, 2.24) is 0 Å². The molecule has 3 heteroatoms. The summed E-state index contributed by atoms with van der Waals surface area (Å²) >= 11 is 0. The van der Waals surface area contributed by atoms with Gasteiger partial charge in [-0.25, -0.2) is 0 Å². The zero-order valence-corrected chi connectivity index (χ0v) is 12.9. The molecule has 1 amide bonds. The average Bonchev–Trinajstić information content (AvgIpc) is 2.42. The van der Waals surface area contributed by atoms with Crippen LogP contribution in [-0.4, -0.2) is 12.0 Å². The predicted molar refractivity (Wildman–Crippen MR) is 86.1 cm³/mol. The first-order valence-electron chi connectivity index (χ1n) is 7.11. The van der Waals surface area contributed by atoms with E-state index in [2.05, 4.69) is 11.4 Å². The number of amides is 1. The first kappa shape index (κ1) is 15.1. The SMILES string of the molecule is Cc1ccc(NC(=O)c2ccc(OC(C)C)cc2)c(C)c1. The summed E-state index contributed by atoms with van der Waals surface area (Å²) in [5, 5.41) is 2.93. The number of carbonyl (C=O) groups excluding carboxylic acids is 1. The molecule has 0 heterocycles. The largest absolute Gasteiger partial charge is 0.491 e. The van der Waals surface area contributed by atoms with E-state index >= 15 is 0 Å². The minimum Gasteiger partial charge on any atom is -0.491 e. The summed E-state index contributed by atoms with van der Waals surface area (Å²) in [6, 6.07) is 13.1. The fourth-order valence-electron chi connectivity index (χ4n) is 2.11. The lowest BCUT2D eigenvalue weighted by molar-refractivity contribution is 0.102. The number of hydrogen-bond acceptors (Lipinski definition) is 2. The number of carbonyl (C=O) groups is 1. The van der Waals surface area contributed by atoms with E-state index in [1.165, 1.54) is 5.56 Å². The Morgan fingerprint density at radius 2 is 1.71 bits per heavy atom. The number of benzene rings is 2. The quantitative estimate of drug-likeness (QED) is 0.906. The van der Waals surface area contributed by atoms with Crippen molar-refractivity contribution in [3.05, 3.63) is 59.2 Å². The first-order chi connectivity index (χ1) is 9.95. The fourth-order valence-corrected chi connectivity index (χ4v) is 2.11. The molecule has 0 saturated carbocycles. The molecule has 0 saturated heterocycles. The molecule has 0 aliphatic rings. The van der Waals surface area contributed by atoms with Gasteiger partial charge in [-0.05, 0) is 63.6 Å². The van der Waals surface area contributed by atoms with Crippen LogP contribution in [0.3, 0.4) is 0 Å². The number of anilines is 1. The zero-order valence-electron chi connectivity index (χ0n) is 12.9. The average molecular weight is 283 g/mol. The highest BCUT2D eigenvalue weighted by Crippen LogP contribution is 2.18. The van der Waals surface area contributed by atoms with Crippen LogP contribution < -0.4 is 10.1 Å². The van der Waals surface area contributed by atoms with Gasteiger partial charge in [0.25, 0.3) is 5.91 Å². The topological polar surface area (TPSA) is 38.3 Å². The third kappa shape index (κ3) is 4.09. The van der Waals surface area contributed by atoms with E-state index < -0.39 is 0 Å². The Hall–Kier alpha value is -2.29. The van der Waals surface area contributed by atoms with E-state index in [4.69, 9.17) is 4.74 Å². The van der Waals surface area contributed by atoms with Gasteiger partial charge in [0.05, 0.1) is 6.10 Å². The van der Waals surface area contributed by atoms with Gasteiger partial charge < -0.3 is 10.1 Å². The minimum atomic E-state index is -0.113. The molecule has 0 atom stereocenters. The van der Waals surface area contributed by atoms with Crippen LogP contribution in [0.4, 0.5) is 5.69 Å². The van der Waals surface area contributed by atoms with Crippen LogP contribution in [-0.2, 0) is 0 Å². The normalized spacial score (nSPS) is 10.5. The molecule has 2 aromatic rings. The van der Waals surface area contributed by atoms with Crippen molar-refractivity contribution in [3.8, 4) is 5.75 Å². The van der Waals surface area contributed by atoms with Crippen molar-refractivity contribution in [1.29, 1.82) is 0 Å². The highest BCUT2D eigenvalue weighted by atomic mass is 16.5. The highest BCUT2D eigenvalue weighted by molar-refractivity contribution is 6.04. The van der Waals surface area contributed by atoms with E-state index in [0.29, 0.717) is 5.56 Å². The standard InChI is InChI=1S/C18H21NO2/c1-12(2)21-16-8-6-15(7-9-16)18(20)19-17-10-5-13(3)11-14(17)4/h5-12H,1-4H3,(H,19,20). The number of rotatable bonds is 4. The van der Waals surface area contributed by atoms with Gasteiger partial charge >= 0.3 is 0 Å². The summed E-state index contributed by atoms with van der Waals surface area (Å²) in [6.07, 6.45) is 0.125. The van der Waals surface area contributed by atoms with Crippen molar-refractivity contribution in [2.45, 2.75) is 33.8 Å². The fraction of sp³-hybridized carbons (Fsp3) is 0.278. The Balaban J connectivity index is 2.09. The molecule has 1 N–H and O–H groups in total. The molecule has 0 aliphatic carbocycles. The molecule has 0 spiro atoms. The van der Waals surface area contributed by atoms with Crippen molar-refractivity contribution < 1.29 is 9.53 Å². The molecule has 2 aromatic carbocycles. The molecule has 0 bridgehead atoms. The summed E-state index contributed by atoms with van der Waals surface area (Å²) in [5.41, 5.74) is 3.70. The maximum Gasteiger partial charge on any atom is 0.255 e. The van der Waals surface area contributed by atoms with Crippen LogP contribution >= 0.6 is 0 Å². The van der Waals surface area contributed by atoms with E-state index in [0.717, 1.165) is 17.0 Å². The molecule has 0 radical (unpaired) electrons. The molecule has 3 nitrogen and oxygen atoms in total. The number of hydrogen-bond donors (Lipinski definition) is 1. The molecule has 21 heavy (non-hydrogen) atoms. The Bertz CT molecular complexity index is 630. The Labute approximate surface area is 126 Å². The van der Waals surface area contributed by atoms with Gasteiger partial charge in [0.1, 0.15) is 5.75 Å². The molecular formula is C18H21NO2. The van der Waals surface area contributed by atoms with Crippen molar-refractivity contribution in [2.24, 2.45) is 0 Å². The molecular weight excluding hydrogens is 262 g/mol. The van der Waals surface area contributed by atoms with E-state index in [-0.39, 0.29) is 12.0 Å². The summed E-state index contributed by atoms with van der Waals surface area (Å²) in [5.74, 6) is 0.658. The van der Waals surface area contributed by atoms with Crippen molar-refractivity contribution in [3.63, 3.8) is 0 Å². The van der Waals surface area contributed by atoms with Crippen LogP contribution in [0.1, 0.15) is 35.3 Å².